The fourth-order valence-corrected chi connectivity index (χ4v) is 1.50. The zero-order valence-corrected chi connectivity index (χ0v) is 11.0. The molecule has 0 aromatic carbocycles. The van der Waals surface area contributed by atoms with Gasteiger partial charge >= 0.3 is 0 Å². The van der Waals surface area contributed by atoms with Gasteiger partial charge in [0.15, 0.2) is 5.65 Å². The molecule has 0 spiro atoms. The van der Waals surface area contributed by atoms with Crippen molar-refractivity contribution in [2.75, 3.05) is 5.32 Å². The average molecular weight is 233 g/mol. The monoisotopic (exact) mass is 233 g/mol. The third kappa shape index (κ3) is 2.23. The first-order valence-electron chi connectivity index (χ1n) is 5.79. The van der Waals surface area contributed by atoms with Crippen molar-refractivity contribution >= 4 is 16.9 Å². The lowest BCUT2D eigenvalue weighted by molar-refractivity contribution is 0.359. The molecule has 17 heavy (non-hydrogen) atoms. The van der Waals surface area contributed by atoms with Crippen LogP contribution in [0.15, 0.2) is 12.5 Å². The maximum absolute atomic E-state index is 4.30. The van der Waals surface area contributed by atoms with Crippen molar-refractivity contribution in [2.24, 2.45) is 12.5 Å². The first kappa shape index (κ1) is 11.8. The fourth-order valence-electron chi connectivity index (χ4n) is 1.50. The Kier molecular flexibility index (Phi) is 2.77. The molecule has 1 N–H and O–H groups in total. The van der Waals surface area contributed by atoms with Gasteiger partial charge in [-0.1, -0.05) is 20.8 Å². The molecule has 2 rings (SSSR count). The van der Waals surface area contributed by atoms with Gasteiger partial charge < -0.3 is 5.32 Å². The van der Waals surface area contributed by atoms with Gasteiger partial charge in [0.1, 0.15) is 12.1 Å². The number of aryl methyl sites for hydroxylation is 1. The smallest absolute Gasteiger partial charge is 0.163 e. The quantitative estimate of drug-likeness (QED) is 0.864. The summed E-state index contributed by atoms with van der Waals surface area (Å²) in [7, 11) is 1.88. The maximum Gasteiger partial charge on any atom is 0.163 e. The second-order valence-corrected chi connectivity index (χ2v) is 5.46. The molecular formula is C12H19N5. The second-order valence-electron chi connectivity index (χ2n) is 5.46. The van der Waals surface area contributed by atoms with E-state index in [1.807, 2.05) is 7.05 Å². The minimum atomic E-state index is 0.180. The van der Waals surface area contributed by atoms with E-state index >= 15 is 0 Å². The molecule has 2 aromatic rings. The summed E-state index contributed by atoms with van der Waals surface area (Å²) in [5.41, 5.74) is 1.03. The molecule has 92 valence electrons. The largest absolute Gasteiger partial charge is 0.366 e. The highest BCUT2D eigenvalue weighted by molar-refractivity contribution is 5.86. The van der Waals surface area contributed by atoms with E-state index in [0.717, 1.165) is 16.9 Å². The van der Waals surface area contributed by atoms with E-state index in [4.69, 9.17) is 0 Å². The van der Waals surface area contributed by atoms with Crippen LogP contribution in [0.5, 0.6) is 0 Å². The summed E-state index contributed by atoms with van der Waals surface area (Å²) < 4.78 is 1.75. The van der Waals surface area contributed by atoms with Crippen molar-refractivity contribution in [1.82, 2.24) is 19.7 Å². The lowest BCUT2D eigenvalue weighted by Crippen LogP contribution is -2.31. The predicted molar refractivity (Wildman–Crippen MR) is 68.8 cm³/mol. The highest BCUT2D eigenvalue weighted by Crippen LogP contribution is 2.25. The molecule has 0 bridgehead atoms. The van der Waals surface area contributed by atoms with Crippen LogP contribution in [0.25, 0.3) is 11.0 Å². The third-order valence-corrected chi connectivity index (χ3v) is 3.18. The SMILES string of the molecule is CC(Nc1ncnc2c1cnn2C)C(C)(C)C. The molecule has 0 saturated carbocycles. The normalized spacial score (nSPS) is 13.9. The van der Waals surface area contributed by atoms with Gasteiger partial charge in [-0.15, -0.1) is 0 Å². The molecule has 0 aliphatic rings. The van der Waals surface area contributed by atoms with Crippen LogP contribution in [0.1, 0.15) is 27.7 Å². The van der Waals surface area contributed by atoms with E-state index in [1.165, 1.54) is 0 Å². The zero-order valence-electron chi connectivity index (χ0n) is 11.0. The number of hydrogen-bond acceptors (Lipinski definition) is 4. The number of anilines is 1. The molecule has 5 nitrogen and oxygen atoms in total. The first-order valence-corrected chi connectivity index (χ1v) is 5.79. The minimum absolute atomic E-state index is 0.180. The van der Waals surface area contributed by atoms with Crippen molar-refractivity contribution < 1.29 is 0 Å². The zero-order chi connectivity index (χ0) is 12.6. The molecule has 0 radical (unpaired) electrons. The summed E-state index contributed by atoms with van der Waals surface area (Å²) in [6.07, 6.45) is 3.37. The number of nitrogens with zero attached hydrogens (tertiary/aromatic N) is 4. The van der Waals surface area contributed by atoms with Crippen molar-refractivity contribution in [1.29, 1.82) is 0 Å². The van der Waals surface area contributed by atoms with Gasteiger partial charge in [-0.3, -0.25) is 4.68 Å². The average Bonchev–Trinajstić information content (AvgIpc) is 2.60. The topological polar surface area (TPSA) is 55.6 Å². The molecule has 0 saturated heterocycles. The summed E-state index contributed by atoms with van der Waals surface area (Å²) in [4.78, 5) is 8.52. The molecule has 1 unspecified atom stereocenters. The Hall–Kier alpha value is -1.65. The van der Waals surface area contributed by atoms with Gasteiger partial charge in [-0.25, -0.2) is 9.97 Å². The highest BCUT2D eigenvalue weighted by Gasteiger charge is 2.21. The second kappa shape index (κ2) is 3.98. The number of fused-ring (bicyclic) bond motifs is 1. The van der Waals surface area contributed by atoms with Crippen molar-refractivity contribution in [3.8, 4) is 0 Å². The Labute approximate surface area is 101 Å². The Balaban J connectivity index is 2.37. The molecule has 0 fully saturated rings. The first-order chi connectivity index (χ1) is 7.89. The van der Waals surface area contributed by atoms with Crippen LogP contribution >= 0.6 is 0 Å². The summed E-state index contributed by atoms with van der Waals surface area (Å²) in [5, 5.41) is 8.60. The van der Waals surface area contributed by atoms with Crippen LogP contribution in [-0.2, 0) is 7.05 Å². The summed E-state index contributed by atoms with van der Waals surface area (Å²) in [5.74, 6) is 0.852. The van der Waals surface area contributed by atoms with E-state index in [1.54, 1.807) is 17.2 Å². The molecule has 0 aliphatic heterocycles. The fraction of sp³-hybridized carbons (Fsp3) is 0.583. The summed E-state index contributed by atoms with van der Waals surface area (Å²) in [6.45, 7) is 8.76. The molecule has 1 atom stereocenters. The number of nitrogens with one attached hydrogen (secondary N) is 1. The molecule has 0 aliphatic carbocycles. The third-order valence-electron chi connectivity index (χ3n) is 3.18. The Morgan fingerprint density at radius 1 is 1.29 bits per heavy atom. The Morgan fingerprint density at radius 3 is 2.65 bits per heavy atom. The van der Waals surface area contributed by atoms with Crippen molar-refractivity contribution in [3.05, 3.63) is 12.5 Å². The molecule has 0 amide bonds. The van der Waals surface area contributed by atoms with E-state index in [-0.39, 0.29) is 5.41 Å². The molecule has 2 heterocycles. The number of hydrogen-bond donors (Lipinski definition) is 1. The van der Waals surface area contributed by atoms with Crippen LogP contribution in [0.4, 0.5) is 5.82 Å². The van der Waals surface area contributed by atoms with E-state index in [2.05, 4.69) is 48.1 Å². The summed E-state index contributed by atoms with van der Waals surface area (Å²) in [6, 6.07) is 0.320. The van der Waals surface area contributed by atoms with Gasteiger partial charge in [0.2, 0.25) is 0 Å². The van der Waals surface area contributed by atoms with Gasteiger partial charge in [-0.2, -0.15) is 5.10 Å². The van der Waals surface area contributed by atoms with Crippen LogP contribution in [0.3, 0.4) is 0 Å². The molecule has 5 heteroatoms. The lowest BCUT2D eigenvalue weighted by Gasteiger charge is -2.28. The Morgan fingerprint density at radius 2 is 2.00 bits per heavy atom. The van der Waals surface area contributed by atoms with E-state index < -0.39 is 0 Å². The lowest BCUT2D eigenvalue weighted by atomic mass is 9.88. The molecule has 2 aromatic heterocycles. The van der Waals surface area contributed by atoms with Gasteiger partial charge in [0.25, 0.3) is 0 Å². The maximum atomic E-state index is 4.30. The van der Waals surface area contributed by atoms with Gasteiger partial charge in [0.05, 0.1) is 11.6 Å². The highest BCUT2D eigenvalue weighted by atomic mass is 15.3. The van der Waals surface area contributed by atoms with Crippen LogP contribution < -0.4 is 5.32 Å². The van der Waals surface area contributed by atoms with Crippen LogP contribution in [0.2, 0.25) is 0 Å². The van der Waals surface area contributed by atoms with E-state index in [0.29, 0.717) is 6.04 Å². The van der Waals surface area contributed by atoms with Crippen molar-refractivity contribution in [2.45, 2.75) is 33.7 Å². The van der Waals surface area contributed by atoms with E-state index in [9.17, 15) is 0 Å². The van der Waals surface area contributed by atoms with Crippen molar-refractivity contribution in [3.63, 3.8) is 0 Å². The Bertz CT molecular complexity index is 523. The number of rotatable bonds is 2. The van der Waals surface area contributed by atoms with Gasteiger partial charge in [0, 0.05) is 13.1 Å². The predicted octanol–water partition coefficient (Wildman–Crippen LogP) is 2.21. The molecular weight excluding hydrogens is 214 g/mol. The standard InChI is InChI=1S/C12H19N5/c1-8(12(2,3)4)16-10-9-6-15-17(5)11(9)14-7-13-10/h6-8H,1-5H3,(H,13,14,16). The number of aromatic nitrogens is 4. The minimum Gasteiger partial charge on any atom is -0.366 e. The summed E-state index contributed by atoms with van der Waals surface area (Å²) >= 11 is 0. The van der Waals surface area contributed by atoms with Gasteiger partial charge in [-0.05, 0) is 12.3 Å². The van der Waals surface area contributed by atoms with Crippen LogP contribution in [-0.4, -0.2) is 25.8 Å². The van der Waals surface area contributed by atoms with Crippen LogP contribution in [0, 0.1) is 5.41 Å².